The van der Waals surface area contributed by atoms with Gasteiger partial charge in [0, 0.05) is 45.2 Å². The van der Waals surface area contributed by atoms with Crippen LogP contribution < -0.4 is 0 Å². The quantitative estimate of drug-likeness (QED) is 0.805. The van der Waals surface area contributed by atoms with Crippen molar-refractivity contribution < 1.29 is 9.59 Å². The third-order valence-corrected chi connectivity index (χ3v) is 4.90. The van der Waals surface area contributed by atoms with Crippen molar-refractivity contribution in [3.63, 3.8) is 0 Å². The molecular formula is C19H28N2O2. The molecule has 1 heterocycles. The third kappa shape index (κ3) is 3.99. The number of rotatable bonds is 3. The van der Waals surface area contributed by atoms with Gasteiger partial charge in [0.2, 0.25) is 5.91 Å². The van der Waals surface area contributed by atoms with Crippen LogP contribution in [0.4, 0.5) is 0 Å². The number of carbonyl (C=O) groups excluding carboxylic acids is 2. The number of Topliss-reactive ketones (excluding diaryl/α,β-unsaturated/α-hetero) is 1. The summed E-state index contributed by atoms with van der Waals surface area (Å²) in [5.74, 6) is 0.299. The van der Waals surface area contributed by atoms with Crippen molar-refractivity contribution in [3.05, 3.63) is 33.9 Å². The van der Waals surface area contributed by atoms with Crippen LogP contribution in [-0.4, -0.2) is 47.7 Å². The molecule has 0 aliphatic carbocycles. The molecule has 0 radical (unpaired) electrons. The van der Waals surface area contributed by atoms with Crippen LogP contribution in [0.3, 0.4) is 0 Å². The first kappa shape index (κ1) is 17.7. The monoisotopic (exact) mass is 316 g/mol. The lowest BCUT2D eigenvalue weighted by atomic mass is 9.91. The van der Waals surface area contributed by atoms with Gasteiger partial charge in [-0.25, -0.2) is 0 Å². The molecule has 0 atom stereocenters. The minimum absolute atomic E-state index is 0.139. The zero-order chi connectivity index (χ0) is 17.1. The van der Waals surface area contributed by atoms with Crippen molar-refractivity contribution in [2.24, 2.45) is 0 Å². The highest BCUT2D eigenvalue weighted by molar-refractivity contribution is 5.97. The smallest absolute Gasteiger partial charge is 0.219 e. The number of carbonyl (C=O) groups is 2. The molecule has 23 heavy (non-hydrogen) atoms. The standard InChI is InChI=1S/C19H28N2O2/c1-13-11-14(2)19(16(4)22)15(3)18(13)12-20-7-6-8-21(10-9-20)17(5)23/h11H,6-10,12H2,1-5H3. The summed E-state index contributed by atoms with van der Waals surface area (Å²) in [5.41, 5.74) is 5.55. The molecule has 0 bridgehead atoms. The first-order valence-corrected chi connectivity index (χ1v) is 8.39. The van der Waals surface area contributed by atoms with E-state index in [-0.39, 0.29) is 11.7 Å². The van der Waals surface area contributed by atoms with Gasteiger partial charge in [-0.1, -0.05) is 6.07 Å². The highest BCUT2D eigenvalue weighted by Gasteiger charge is 2.20. The molecular weight excluding hydrogens is 288 g/mol. The molecule has 126 valence electrons. The van der Waals surface area contributed by atoms with E-state index in [1.54, 1.807) is 13.8 Å². The highest BCUT2D eigenvalue weighted by atomic mass is 16.2. The van der Waals surface area contributed by atoms with Crippen LogP contribution in [-0.2, 0) is 11.3 Å². The second kappa shape index (κ2) is 7.26. The molecule has 1 aromatic carbocycles. The van der Waals surface area contributed by atoms with Crippen LogP contribution in [0.1, 0.15) is 52.9 Å². The van der Waals surface area contributed by atoms with Gasteiger partial charge in [-0.15, -0.1) is 0 Å². The van der Waals surface area contributed by atoms with E-state index in [0.29, 0.717) is 0 Å². The fourth-order valence-corrected chi connectivity index (χ4v) is 3.68. The van der Waals surface area contributed by atoms with E-state index in [2.05, 4.69) is 24.8 Å². The Kier molecular flexibility index (Phi) is 5.58. The summed E-state index contributed by atoms with van der Waals surface area (Å²) in [7, 11) is 0. The molecule has 1 aromatic rings. The Morgan fingerprint density at radius 1 is 1.00 bits per heavy atom. The molecule has 1 fully saturated rings. The molecule has 0 spiro atoms. The SMILES string of the molecule is CC(=O)c1c(C)cc(C)c(CN2CCCN(C(C)=O)CC2)c1C. The molecule has 0 saturated carbocycles. The third-order valence-electron chi connectivity index (χ3n) is 4.90. The van der Waals surface area contributed by atoms with Crippen LogP contribution in [0.5, 0.6) is 0 Å². The van der Waals surface area contributed by atoms with Gasteiger partial charge in [-0.3, -0.25) is 14.5 Å². The number of amides is 1. The van der Waals surface area contributed by atoms with Gasteiger partial charge in [-0.2, -0.15) is 0 Å². The van der Waals surface area contributed by atoms with Gasteiger partial charge >= 0.3 is 0 Å². The number of benzene rings is 1. The summed E-state index contributed by atoms with van der Waals surface area (Å²) in [6, 6.07) is 2.12. The van der Waals surface area contributed by atoms with Gasteiger partial charge in [0.25, 0.3) is 0 Å². The summed E-state index contributed by atoms with van der Waals surface area (Å²) in [4.78, 5) is 27.8. The molecule has 2 rings (SSSR count). The largest absolute Gasteiger partial charge is 0.342 e. The lowest BCUT2D eigenvalue weighted by Crippen LogP contribution is -2.33. The summed E-state index contributed by atoms with van der Waals surface area (Å²) in [6.07, 6.45) is 1.00. The van der Waals surface area contributed by atoms with E-state index < -0.39 is 0 Å². The van der Waals surface area contributed by atoms with E-state index in [1.807, 2.05) is 11.8 Å². The summed E-state index contributed by atoms with van der Waals surface area (Å²) >= 11 is 0. The van der Waals surface area contributed by atoms with Gasteiger partial charge < -0.3 is 4.90 Å². The maximum absolute atomic E-state index is 12.0. The number of nitrogens with zero attached hydrogens (tertiary/aromatic N) is 2. The second-order valence-corrected chi connectivity index (χ2v) is 6.68. The Hall–Kier alpha value is -1.68. The molecule has 4 heteroatoms. The lowest BCUT2D eigenvalue weighted by molar-refractivity contribution is -0.128. The molecule has 4 nitrogen and oxygen atoms in total. The molecule has 0 unspecified atom stereocenters. The van der Waals surface area contributed by atoms with Crippen molar-refractivity contribution in [2.75, 3.05) is 26.2 Å². The number of hydrogen-bond donors (Lipinski definition) is 0. The lowest BCUT2D eigenvalue weighted by Gasteiger charge is -2.24. The van der Waals surface area contributed by atoms with Crippen LogP contribution in [0.15, 0.2) is 6.07 Å². The van der Waals surface area contributed by atoms with Crippen molar-refractivity contribution in [2.45, 2.75) is 47.6 Å². The Morgan fingerprint density at radius 3 is 2.30 bits per heavy atom. The minimum Gasteiger partial charge on any atom is -0.342 e. The molecule has 0 aromatic heterocycles. The summed E-state index contributed by atoms with van der Waals surface area (Å²) < 4.78 is 0. The number of aryl methyl sites for hydroxylation is 2. The van der Waals surface area contributed by atoms with Crippen LogP contribution >= 0.6 is 0 Å². The van der Waals surface area contributed by atoms with Crippen LogP contribution in [0.25, 0.3) is 0 Å². The van der Waals surface area contributed by atoms with E-state index in [9.17, 15) is 9.59 Å². The van der Waals surface area contributed by atoms with Crippen molar-refractivity contribution in [1.29, 1.82) is 0 Å². The maximum atomic E-state index is 12.0. The summed E-state index contributed by atoms with van der Waals surface area (Å²) in [6.45, 7) is 13.9. The normalized spacial score (nSPS) is 16.3. The molecule has 1 amide bonds. The number of hydrogen-bond acceptors (Lipinski definition) is 3. The molecule has 1 aliphatic rings. The fraction of sp³-hybridized carbons (Fsp3) is 0.579. The first-order valence-electron chi connectivity index (χ1n) is 8.39. The zero-order valence-electron chi connectivity index (χ0n) is 15.0. The average Bonchev–Trinajstić information content (AvgIpc) is 2.68. The van der Waals surface area contributed by atoms with Crippen molar-refractivity contribution >= 4 is 11.7 Å². The Labute approximate surface area is 139 Å². The van der Waals surface area contributed by atoms with E-state index >= 15 is 0 Å². The van der Waals surface area contributed by atoms with Crippen LogP contribution in [0.2, 0.25) is 0 Å². The van der Waals surface area contributed by atoms with Crippen LogP contribution in [0, 0.1) is 20.8 Å². The predicted molar refractivity (Wildman–Crippen MR) is 92.8 cm³/mol. The predicted octanol–water partition coefficient (Wildman–Crippen LogP) is 2.87. The molecule has 1 saturated heterocycles. The van der Waals surface area contributed by atoms with Gasteiger partial charge in [0.05, 0.1) is 0 Å². The number of ketones is 1. The highest BCUT2D eigenvalue weighted by Crippen LogP contribution is 2.24. The van der Waals surface area contributed by atoms with E-state index in [4.69, 9.17) is 0 Å². The topological polar surface area (TPSA) is 40.6 Å². The van der Waals surface area contributed by atoms with E-state index in [1.165, 1.54) is 11.1 Å². The van der Waals surface area contributed by atoms with Gasteiger partial charge in [0.15, 0.2) is 5.78 Å². The van der Waals surface area contributed by atoms with Gasteiger partial charge in [-0.05, 0) is 56.4 Å². The molecule has 0 N–H and O–H groups in total. The second-order valence-electron chi connectivity index (χ2n) is 6.68. The Balaban J connectivity index is 2.21. The maximum Gasteiger partial charge on any atom is 0.219 e. The average molecular weight is 316 g/mol. The minimum atomic E-state index is 0.139. The first-order chi connectivity index (χ1) is 10.8. The van der Waals surface area contributed by atoms with Crippen molar-refractivity contribution in [1.82, 2.24) is 9.80 Å². The van der Waals surface area contributed by atoms with Crippen molar-refractivity contribution in [3.8, 4) is 0 Å². The van der Waals surface area contributed by atoms with Gasteiger partial charge in [0.1, 0.15) is 0 Å². The Bertz CT molecular complexity index is 622. The van der Waals surface area contributed by atoms with E-state index in [0.717, 1.165) is 55.8 Å². The fourth-order valence-electron chi connectivity index (χ4n) is 3.68. The Morgan fingerprint density at radius 2 is 1.70 bits per heavy atom. The molecule has 1 aliphatic heterocycles. The summed E-state index contributed by atoms with van der Waals surface area (Å²) in [5, 5.41) is 0. The zero-order valence-corrected chi connectivity index (χ0v) is 15.0.